The molecule has 0 spiro atoms. The van der Waals surface area contributed by atoms with E-state index in [-0.39, 0.29) is 11.9 Å². The van der Waals surface area contributed by atoms with Gasteiger partial charge in [-0.1, -0.05) is 42.1 Å². The van der Waals surface area contributed by atoms with Crippen LogP contribution in [0.3, 0.4) is 0 Å². The number of carbonyl (C=O) groups excluding carboxylic acids is 2. The van der Waals surface area contributed by atoms with Crippen LogP contribution in [0.1, 0.15) is 51.4 Å². The molecule has 0 fully saturated rings. The van der Waals surface area contributed by atoms with Gasteiger partial charge in [0.1, 0.15) is 10.3 Å². The molecule has 3 aromatic rings. The number of nitrogens with zero attached hydrogens (tertiary/aromatic N) is 4. The van der Waals surface area contributed by atoms with Gasteiger partial charge in [-0.3, -0.25) is 4.79 Å². The highest BCUT2D eigenvalue weighted by Gasteiger charge is 2.30. The van der Waals surface area contributed by atoms with Crippen molar-refractivity contribution in [2.24, 2.45) is 7.05 Å². The summed E-state index contributed by atoms with van der Waals surface area (Å²) in [6.07, 6.45) is 3.87. The van der Waals surface area contributed by atoms with Crippen LogP contribution in [0.15, 0.2) is 35.5 Å². The minimum atomic E-state index is -0.583. The van der Waals surface area contributed by atoms with Crippen LogP contribution in [0.4, 0.5) is 5.00 Å². The molecule has 0 radical (unpaired) electrons. The van der Waals surface area contributed by atoms with Crippen LogP contribution in [0.5, 0.6) is 0 Å². The quantitative estimate of drug-likeness (QED) is 0.425. The number of anilines is 1. The SMILES string of the molecule is CCOC(=O)c1c(NC(=O)C(Sc2nnnn2C)c2ccccc2)sc2c1CCCC2. The third-order valence-corrected chi connectivity index (χ3v) is 7.52. The summed E-state index contributed by atoms with van der Waals surface area (Å²) in [5, 5.41) is 15.0. The normalized spacial score (nSPS) is 14.0. The van der Waals surface area contributed by atoms with Crippen molar-refractivity contribution in [2.75, 3.05) is 11.9 Å². The van der Waals surface area contributed by atoms with Gasteiger partial charge in [0.2, 0.25) is 11.1 Å². The molecule has 0 saturated heterocycles. The van der Waals surface area contributed by atoms with Gasteiger partial charge in [0.05, 0.1) is 12.2 Å². The Morgan fingerprint density at radius 2 is 2.03 bits per heavy atom. The zero-order valence-corrected chi connectivity index (χ0v) is 19.0. The van der Waals surface area contributed by atoms with E-state index in [9.17, 15) is 9.59 Å². The number of esters is 1. The van der Waals surface area contributed by atoms with Crippen molar-refractivity contribution in [2.45, 2.75) is 43.0 Å². The molecule has 1 amide bonds. The number of fused-ring (bicyclic) bond motifs is 1. The molecule has 1 aliphatic carbocycles. The molecular weight excluding hydrogens is 434 g/mol. The summed E-state index contributed by atoms with van der Waals surface area (Å²) in [4.78, 5) is 27.3. The van der Waals surface area contributed by atoms with E-state index < -0.39 is 5.25 Å². The Balaban J connectivity index is 1.66. The summed E-state index contributed by atoms with van der Waals surface area (Å²) in [7, 11) is 1.73. The second-order valence-electron chi connectivity index (χ2n) is 7.12. The van der Waals surface area contributed by atoms with Crippen molar-refractivity contribution in [3.8, 4) is 0 Å². The lowest BCUT2D eigenvalue weighted by Gasteiger charge is -2.16. The van der Waals surface area contributed by atoms with Gasteiger partial charge in [-0.25, -0.2) is 9.48 Å². The van der Waals surface area contributed by atoms with Crippen LogP contribution in [0, 0.1) is 0 Å². The van der Waals surface area contributed by atoms with Crippen LogP contribution >= 0.6 is 23.1 Å². The lowest BCUT2D eigenvalue weighted by Crippen LogP contribution is -2.21. The molecule has 1 aromatic carbocycles. The van der Waals surface area contributed by atoms with Gasteiger partial charge in [0, 0.05) is 11.9 Å². The van der Waals surface area contributed by atoms with Crippen molar-refractivity contribution < 1.29 is 14.3 Å². The van der Waals surface area contributed by atoms with E-state index >= 15 is 0 Å². The number of thioether (sulfide) groups is 1. The number of hydrogen-bond acceptors (Lipinski definition) is 8. The Bertz CT molecular complexity index is 1080. The van der Waals surface area contributed by atoms with Gasteiger partial charge >= 0.3 is 5.97 Å². The average Bonchev–Trinajstić information content (AvgIpc) is 3.35. The van der Waals surface area contributed by atoms with Gasteiger partial charge in [-0.05, 0) is 54.2 Å². The molecule has 1 N–H and O–H groups in total. The number of rotatable bonds is 7. The molecule has 1 atom stereocenters. The molecule has 4 rings (SSSR count). The predicted octanol–water partition coefficient (Wildman–Crippen LogP) is 3.80. The summed E-state index contributed by atoms with van der Waals surface area (Å²) in [6.45, 7) is 2.07. The molecule has 2 heterocycles. The number of tetrazole rings is 1. The zero-order chi connectivity index (χ0) is 21.8. The fourth-order valence-electron chi connectivity index (χ4n) is 3.58. The maximum Gasteiger partial charge on any atom is 0.341 e. The molecule has 0 aliphatic heterocycles. The van der Waals surface area contributed by atoms with E-state index in [4.69, 9.17) is 4.74 Å². The molecule has 31 heavy (non-hydrogen) atoms. The number of amides is 1. The highest BCUT2D eigenvalue weighted by Crippen LogP contribution is 2.40. The van der Waals surface area contributed by atoms with Crippen molar-refractivity contribution in [1.29, 1.82) is 0 Å². The van der Waals surface area contributed by atoms with E-state index in [2.05, 4.69) is 20.8 Å². The van der Waals surface area contributed by atoms with Crippen molar-refractivity contribution in [3.05, 3.63) is 51.9 Å². The first kappa shape index (κ1) is 21.5. The second-order valence-corrected chi connectivity index (χ2v) is 9.30. The number of benzene rings is 1. The first-order chi connectivity index (χ1) is 15.1. The van der Waals surface area contributed by atoms with Crippen LogP contribution in [-0.4, -0.2) is 38.7 Å². The summed E-state index contributed by atoms with van der Waals surface area (Å²) < 4.78 is 6.83. The van der Waals surface area contributed by atoms with Crippen molar-refractivity contribution >= 4 is 40.0 Å². The number of ether oxygens (including phenoxy) is 1. The zero-order valence-electron chi connectivity index (χ0n) is 17.3. The number of carbonyl (C=O) groups is 2. The maximum atomic E-state index is 13.4. The number of aromatic nitrogens is 4. The maximum absolute atomic E-state index is 13.4. The largest absolute Gasteiger partial charge is 0.462 e. The number of aryl methyl sites for hydroxylation is 2. The molecule has 0 saturated carbocycles. The minimum Gasteiger partial charge on any atom is -0.462 e. The van der Waals surface area contributed by atoms with Gasteiger partial charge in [-0.15, -0.1) is 16.4 Å². The second kappa shape index (κ2) is 9.61. The van der Waals surface area contributed by atoms with Crippen LogP contribution < -0.4 is 5.32 Å². The molecular formula is C21H23N5O3S2. The third-order valence-electron chi connectivity index (χ3n) is 5.03. The molecule has 0 bridgehead atoms. The fourth-order valence-corrected chi connectivity index (χ4v) is 5.80. The number of nitrogens with one attached hydrogen (secondary N) is 1. The van der Waals surface area contributed by atoms with Crippen LogP contribution in [-0.2, 0) is 29.4 Å². The summed E-state index contributed by atoms with van der Waals surface area (Å²) in [5.74, 6) is -0.609. The van der Waals surface area contributed by atoms with Crippen molar-refractivity contribution in [3.63, 3.8) is 0 Å². The van der Waals surface area contributed by atoms with Gasteiger partial charge < -0.3 is 10.1 Å². The Morgan fingerprint density at radius 1 is 1.26 bits per heavy atom. The smallest absolute Gasteiger partial charge is 0.341 e. The van der Waals surface area contributed by atoms with E-state index in [1.165, 1.54) is 27.8 Å². The Morgan fingerprint density at radius 3 is 2.74 bits per heavy atom. The molecule has 8 nitrogen and oxygen atoms in total. The van der Waals surface area contributed by atoms with Crippen LogP contribution in [0.2, 0.25) is 0 Å². The lowest BCUT2D eigenvalue weighted by molar-refractivity contribution is -0.115. The first-order valence-corrected chi connectivity index (χ1v) is 11.8. The molecule has 1 unspecified atom stereocenters. The number of thiophene rings is 1. The van der Waals surface area contributed by atoms with Gasteiger partial charge in [0.25, 0.3) is 0 Å². The number of hydrogen-bond donors (Lipinski definition) is 1. The molecule has 162 valence electrons. The Labute approximate surface area is 188 Å². The fraction of sp³-hybridized carbons (Fsp3) is 0.381. The van der Waals surface area contributed by atoms with E-state index in [1.807, 2.05) is 30.3 Å². The molecule has 1 aliphatic rings. The summed E-state index contributed by atoms with van der Waals surface area (Å²) in [5.41, 5.74) is 2.35. The van der Waals surface area contributed by atoms with E-state index in [0.29, 0.717) is 22.3 Å². The highest BCUT2D eigenvalue weighted by molar-refractivity contribution is 8.00. The monoisotopic (exact) mass is 457 g/mol. The molecule has 10 heteroatoms. The first-order valence-electron chi connectivity index (χ1n) is 10.1. The predicted molar refractivity (Wildman–Crippen MR) is 119 cm³/mol. The minimum absolute atomic E-state index is 0.233. The highest BCUT2D eigenvalue weighted by atomic mass is 32.2. The topological polar surface area (TPSA) is 99.0 Å². The van der Waals surface area contributed by atoms with Crippen LogP contribution in [0.25, 0.3) is 0 Å². The van der Waals surface area contributed by atoms with E-state index in [1.54, 1.807) is 14.0 Å². The van der Waals surface area contributed by atoms with Gasteiger partial charge in [-0.2, -0.15) is 0 Å². The van der Waals surface area contributed by atoms with Gasteiger partial charge in [0.15, 0.2) is 0 Å². The average molecular weight is 458 g/mol. The molecule has 2 aromatic heterocycles. The summed E-state index contributed by atoms with van der Waals surface area (Å²) >= 11 is 2.75. The van der Waals surface area contributed by atoms with Crippen molar-refractivity contribution in [1.82, 2.24) is 20.2 Å². The Hall–Kier alpha value is -2.72. The standard InChI is InChI=1S/C21H23N5O3S2/c1-3-29-20(28)16-14-11-7-8-12-15(14)30-19(16)22-18(27)17(13-9-5-4-6-10-13)31-21-23-24-25-26(21)2/h4-6,9-10,17H,3,7-8,11-12H2,1-2H3,(H,22,27). The summed E-state index contributed by atoms with van der Waals surface area (Å²) in [6, 6.07) is 9.47. The Kier molecular flexibility index (Phi) is 6.67. The van der Waals surface area contributed by atoms with E-state index in [0.717, 1.165) is 41.7 Å². The lowest BCUT2D eigenvalue weighted by atomic mass is 9.95. The third kappa shape index (κ3) is 4.64.